The first-order valence-electron chi connectivity index (χ1n) is 7.74. The minimum absolute atomic E-state index is 0. The van der Waals surface area contributed by atoms with Crippen LogP contribution in [-0.2, 0) is 13.1 Å². The Bertz CT molecular complexity index is 706. The lowest BCUT2D eigenvalue weighted by Gasteiger charge is -2.12. The second-order valence-electron chi connectivity index (χ2n) is 5.57. The molecule has 0 radical (unpaired) electrons. The monoisotopic (exact) mass is 538 g/mol. The van der Waals surface area contributed by atoms with Gasteiger partial charge in [-0.2, -0.15) is 0 Å². The minimum Gasteiger partial charge on any atom is -0.496 e. The van der Waals surface area contributed by atoms with Crippen molar-refractivity contribution in [2.45, 2.75) is 32.9 Å². The Morgan fingerprint density at radius 3 is 2.60 bits per heavy atom. The van der Waals surface area contributed by atoms with E-state index in [9.17, 15) is 0 Å². The highest BCUT2D eigenvalue weighted by Gasteiger charge is 2.07. The van der Waals surface area contributed by atoms with E-state index in [1.807, 2.05) is 18.2 Å². The van der Waals surface area contributed by atoms with Crippen LogP contribution in [0.5, 0.6) is 5.75 Å². The van der Waals surface area contributed by atoms with Gasteiger partial charge in [0.1, 0.15) is 10.8 Å². The fraction of sp³-hybridized carbons (Fsp3) is 0.412. The molecular formula is C17H24BrIN4OS. The molecule has 0 bridgehead atoms. The maximum Gasteiger partial charge on any atom is 0.191 e. The Kier molecular flexibility index (Phi) is 9.73. The van der Waals surface area contributed by atoms with E-state index < -0.39 is 0 Å². The third kappa shape index (κ3) is 6.74. The summed E-state index contributed by atoms with van der Waals surface area (Å²) in [5.41, 5.74) is 2.28. The van der Waals surface area contributed by atoms with Gasteiger partial charge < -0.3 is 15.4 Å². The number of nitrogens with one attached hydrogen (secondary N) is 2. The number of thiazole rings is 1. The van der Waals surface area contributed by atoms with Crippen molar-refractivity contribution in [2.75, 3.05) is 14.2 Å². The van der Waals surface area contributed by atoms with Gasteiger partial charge in [-0.3, -0.25) is 4.99 Å². The molecule has 2 aromatic rings. The van der Waals surface area contributed by atoms with Crippen LogP contribution in [0.2, 0.25) is 0 Å². The first-order valence-corrected chi connectivity index (χ1v) is 9.42. The molecule has 8 heteroatoms. The van der Waals surface area contributed by atoms with Crippen LogP contribution in [0.4, 0.5) is 0 Å². The number of ether oxygens (including phenoxy) is 1. The Morgan fingerprint density at radius 2 is 2.04 bits per heavy atom. The van der Waals surface area contributed by atoms with Crippen LogP contribution in [0.1, 0.15) is 36.0 Å². The van der Waals surface area contributed by atoms with Gasteiger partial charge in [0.25, 0.3) is 0 Å². The van der Waals surface area contributed by atoms with Crippen LogP contribution in [0, 0.1) is 0 Å². The van der Waals surface area contributed by atoms with Gasteiger partial charge >= 0.3 is 0 Å². The van der Waals surface area contributed by atoms with Gasteiger partial charge in [0.2, 0.25) is 0 Å². The summed E-state index contributed by atoms with van der Waals surface area (Å²) in [6, 6.07) is 6.01. The predicted molar refractivity (Wildman–Crippen MR) is 119 cm³/mol. The zero-order valence-corrected chi connectivity index (χ0v) is 19.5. The molecule has 1 heterocycles. The maximum atomic E-state index is 5.24. The minimum atomic E-state index is 0. The van der Waals surface area contributed by atoms with Gasteiger partial charge in [-0.15, -0.1) is 35.3 Å². The lowest BCUT2D eigenvalue weighted by Crippen LogP contribution is -2.36. The molecule has 0 amide bonds. The normalized spacial score (nSPS) is 11.2. The number of rotatable bonds is 6. The van der Waals surface area contributed by atoms with Crippen LogP contribution >= 0.6 is 51.2 Å². The molecule has 2 rings (SSSR count). The SMILES string of the molecule is CN=C(NCc1ccc(OC)c(Br)c1)NCc1nc(C(C)C)cs1.I. The number of benzene rings is 1. The summed E-state index contributed by atoms with van der Waals surface area (Å²) in [4.78, 5) is 8.87. The Labute approximate surface area is 178 Å². The summed E-state index contributed by atoms with van der Waals surface area (Å²) in [6.07, 6.45) is 0. The summed E-state index contributed by atoms with van der Waals surface area (Å²) < 4.78 is 6.18. The molecule has 0 aliphatic heterocycles. The third-order valence-corrected chi connectivity index (χ3v) is 4.95. The van der Waals surface area contributed by atoms with E-state index in [2.05, 4.69) is 55.8 Å². The summed E-state index contributed by atoms with van der Waals surface area (Å²) in [6.45, 7) is 5.65. The highest BCUT2D eigenvalue weighted by molar-refractivity contribution is 14.0. The predicted octanol–water partition coefficient (Wildman–Crippen LogP) is 4.52. The van der Waals surface area contributed by atoms with E-state index in [0.717, 1.165) is 32.4 Å². The molecule has 1 aromatic carbocycles. The summed E-state index contributed by atoms with van der Waals surface area (Å²) >= 11 is 5.18. The molecule has 0 unspecified atom stereocenters. The van der Waals surface area contributed by atoms with Crippen molar-refractivity contribution in [1.82, 2.24) is 15.6 Å². The molecule has 0 aliphatic rings. The number of halogens is 2. The van der Waals surface area contributed by atoms with Crippen LogP contribution in [0.25, 0.3) is 0 Å². The van der Waals surface area contributed by atoms with Crippen LogP contribution in [-0.4, -0.2) is 25.1 Å². The molecule has 0 atom stereocenters. The third-order valence-electron chi connectivity index (χ3n) is 3.47. The fourth-order valence-corrected chi connectivity index (χ4v) is 3.54. The molecule has 0 saturated carbocycles. The number of methoxy groups -OCH3 is 1. The van der Waals surface area contributed by atoms with Crippen LogP contribution in [0.3, 0.4) is 0 Å². The molecule has 138 valence electrons. The summed E-state index contributed by atoms with van der Waals surface area (Å²) in [5, 5.41) is 9.78. The molecular weight excluding hydrogens is 515 g/mol. The second-order valence-corrected chi connectivity index (χ2v) is 7.37. The van der Waals surface area contributed by atoms with Gasteiger partial charge in [-0.25, -0.2) is 4.98 Å². The fourth-order valence-electron chi connectivity index (χ4n) is 2.06. The van der Waals surface area contributed by atoms with Crippen LogP contribution < -0.4 is 15.4 Å². The smallest absolute Gasteiger partial charge is 0.191 e. The number of hydrogen-bond donors (Lipinski definition) is 2. The van der Waals surface area contributed by atoms with Gasteiger partial charge in [0.05, 0.1) is 23.8 Å². The number of aromatic nitrogens is 1. The van der Waals surface area contributed by atoms with Gasteiger partial charge in [-0.1, -0.05) is 19.9 Å². The van der Waals surface area contributed by atoms with Crippen LogP contribution in [0.15, 0.2) is 33.0 Å². The standard InChI is InChI=1S/C17H23BrN4OS.HI/c1-11(2)14-10-24-16(22-14)9-21-17(19-3)20-8-12-5-6-15(23-4)13(18)7-12;/h5-7,10-11H,8-9H2,1-4H3,(H2,19,20,21);1H. The van der Waals surface area contributed by atoms with E-state index >= 15 is 0 Å². The molecule has 0 saturated heterocycles. The van der Waals surface area contributed by atoms with Crippen molar-refractivity contribution in [3.8, 4) is 5.75 Å². The topological polar surface area (TPSA) is 58.5 Å². The molecule has 1 aromatic heterocycles. The summed E-state index contributed by atoms with van der Waals surface area (Å²) in [5.74, 6) is 2.04. The zero-order chi connectivity index (χ0) is 17.5. The molecule has 0 fully saturated rings. The molecule has 0 spiro atoms. The van der Waals surface area contributed by atoms with Crippen molar-refractivity contribution in [3.63, 3.8) is 0 Å². The number of nitrogens with zero attached hydrogens (tertiary/aromatic N) is 2. The van der Waals surface area contributed by atoms with Crippen molar-refractivity contribution >= 4 is 57.2 Å². The average Bonchev–Trinajstić information content (AvgIpc) is 3.04. The van der Waals surface area contributed by atoms with E-state index in [1.165, 1.54) is 0 Å². The van der Waals surface area contributed by atoms with Crippen molar-refractivity contribution in [2.24, 2.45) is 4.99 Å². The van der Waals surface area contributed by atoms with E-state index in [1.54, 1.807) is 25.5 Å². The van der Waals surface area contributed by atoms with E-state index in [4.69, 9.17) is 4.74 Å². The van der Waals surface area contributed by atoms with E-state index in [0.29, 0.717) is 19.0 Å². The first kappa shape index (κ1) is 22.2. The summed E-state index contributed by atoms with van der Waals surface area (Å²) in [7, 11) is 3.42. The van der Waals surface area contributed by atoms with Gasteiger partial charge in [0, 0.05) is 19.0 Å². The quantitative estimate of drug-likeness (QED) is 0.322. The molecule has 25 heavy (non-hydrogen) atoms. The highest BCUT2D eigenvalue weighted by atomic mass is 127. The van der Waals surface area contributed by atoms with Crippen molar-refractivity contribution in [1.29, 1.82) is 0 Å². The largest absolute Gasteiger partial charge is 0.496 e. The Hall–Kier alpha value is -0.870. The second kappa shape index (κ2) is 11.0. The zero-order valence-electron chi connectivity index (χ0n) is 14.8. The van der Waals surface area contributed by atoms with Crippen molar-refractivity contribution in [3.05, 3.63) is 44.3 Å². The Balaban J connectivity index is 0.00000312. The van der Waals surface area contributed by atoms with Crippen molar-refractivity contribution < 1.29 is 4.74 Å². The molecule has 0 aliphatic carbocycles. The highest BCUT2D eigenvalue weighted by Crippen LogP contribution is 2.25. The Morgan fingerprint density at radius 1 is 1.32 bits per heavy atom. The molecule has 5 nitrogen and oxygen atoms in total. The number of guanidine groups is 1. The average molecular weight is 539 g/mol. The number of hydrogen-bond acceptors (Lipinski definition) is 4. The number of aliphatic imine (C=N–C) groups is 1. The molecule has 2 N–H and O–H groups in total. The first-order chi connectivity index (χ1) is 11.5. The van der Waals surface area contributed by atoms with Gasteiger partial charge in [0.15, 0.2) is 5.96 Å². The lowest BCUT2D eigenvalue weighted by atomic mass is 10.2. The van der Waals surface area contributed by atoms with E-state index in [-0.39, 0.29) is 24.0 Å². The van der Waals surface area contributed by atoms with Gasteiger partial charge in [-0.05, 0) is 39.5 Å². The maximum absolute atomic E-state index is 5.24. The lowest BCUT2D eigenvalue weighted by molar-refractivity contribution is 0.412.